The van der Waals surface area contributed by atoms with Crippen LogP contribution in [0.5, 0.6) is 0 Å². The molecule has 0 aliphatic carbocycles. The first kappa shape index (κ1) is 15.1. The SMILES string of the molecule is CCOC[C@@H]1CCCN1C(=O)c1[nH]c2ccccc2c1CC. The predicted molar refractivity (Wildman–Crippen MR) is 88.2 cm³/mol. The number of likely N-dealkylation sites (tertiary alicyclic amines) is 1. The van der Waals surface area contributed by atoms with Crippen molar-refractivity contribution in [2.24, 2.45) is 0 Å². The maximum absolute atomic E-state index is 13.0. The predicted octanol–water partition coefficient (Wildman–Crippen LogP) is 3.37. The van der Waals surface area contributed by atoms with E-state index < -0.39 is 0 Å². The zero-order valence-electron chi connectivity index (χ0n) is 13.4. The molecule has 2 heterocycles. The molecule has 1 aromatic carbocycles. The summed E-state index contributed by atoms with van der Waals surface area (Å²) in [5.41, 5.74) is 2.93. The van der Waals surface area contributed by atoms with Gasteiger partial charge >= 0.3 is 0 Å². The average Bonchev–Trinajstić information content (AvgIpc) is 3.16. The van der Waals surface area contributed by atoms with E-state index in [4.69, 9.17) is 4.74 Å². The quantitative estimate of drug-likeness (QED) is 0.920. The second kappa shape index (κ2) is 6.53. The molecule has 0 spiro atoms. The monoisotopic (exact) mass is 300 g/mol. The highest BCUT2D eigenvalue weighted by Gasteiger charge is 2.31. The maximum Gasteiger partial charge on any atom is 0.270 e. The van der Waals surface area contributed by atoms with Crippen LogP contribution in [0.2, 0.25) is 0 Å². The van der Waals surface area contributed by atoms with E-state index in [0.29, 0.717) is 13.2 Å². The minimum Gasteiger partial charge on any atom is -0.380 e. The number of ether oxygens (including phenoxy) is 1. The van der Waals surface area contributed by atoms with Crippen molar-refractivity contribution in [2.75, 3.05) is 19.8 Å². The van der Waals surface area contributed by atoms with Crippen LogP contribution in [-0.4, -0.2) is 41.6 Å². The van der Waals surface area contributed by atoms with Crippen LogP contribution in [0.3, 0.4) is 0 Å². The Morgan fingerprint density at radius 2 is 2.18 bits per heavy atom. The van der Waals surface area contributed by atoms with Gasteiger partial charge in [-0.15, -0.1) is 0 Å². The van der Waals surface area contributed by atoms with Crippen molar-refractivity contribution in [3.05, 3.63) is 35.5 Å². The van der Waals surface area contributed by atoms with Crippen LogP contribution >= 0.6 is 0 Å². The average molecular weight is 300 g/mol. The Balaban J connectivity index is 1.91. The molecule has 0 saturated carbocycles. The molecule has 0 unspecified atom stereocenters. The van der Waals surface area contributed by atoms with Crippen molar-refractivity contribution < 1.29 is 9.53 Å². The number of aryl methyl sites for hydroxylation is 1. The number of H-pyrrole nitrogens is 1. The van der Waals surface area contributed by atoms with Gasteiger partial charge in [0.15, 0.2) is 0 Å². The summed E-state index contributed by atoms with van der Waals surface area (Å²) in [5.74, 6) is 0.121. The first-order valence-corrected chi connectivity index (χ1v) is 8.24. The number of carbonyl (C=O) groups is 1. The fourth-order valence-electron chi connectivity index (χ4n) is 3.42. The lowest BCUT2D eigenvalue weighted by atomic mass is 10.1. The zero-order chi connectivity index (χ0) is 15.5. The highest BCUT2D eigenvalue weighted by atomic mass is 16.5. The number of rotatable bonds is 5. The number of carbonyl (C=O) groups excluding carboxylic acids is 1. The first-order valence-electron chi connectivity index (χ1n) is 8.24. The summed E-state index contributed by atoms with van der Waals surface area (Å²) in [6.07, 6.45) is 2.95. The molecule has 1 aliphatic rings. The molecule has 0 bridgehead atoms. The number of aromatic amines is 1. The molecule has 1 amide bonds. The summed E-state index contributed by atoms with van der Waals surface area (Å²) in [6.45, 7) is 6.27. The maximum atomic E-state index is 13.0. The summed E-state index contributed by atoms with van der Waals surface area (Å²) in [4.78, 5) is 18.3. The number of amides is 1. The van der Waals surface area contributed by atoms with Crippen LogP contribution in [0.15, 0.2) is 24.3 Å². The van der Waals surface area contributed by atoms with Gasteiger partial charge in [0.05, 0.1) is 12.6 Å². The Morgan fingerprint density at radius 1 is 1.36 bits per heavy atom. The Bertz CT molecular complexity index is 662. The minimum absolute atomic E-state index is 0.121. The molecule has 4 nitrogen and oxygen atoms in total. The van der Waals surface area contributed by atoms with Crippen molar-refractivity contribution in [3.63, 3.8) is 0 Å². The molecule has 1 fully saturated rings. The summed E-state index contributed by atoms with van der Waals surface area (Å²) < 4.78 is 5.55. The third kappa shape index (κ3) is 2.63. The van der Waals surface area contributed by atoms with Gasteiger partial charge in [0.2, 0.25) is 0 Å². The second-order valence-corrected chi connectivity index (χ2v) is 5.83. The fourth-order valence-corrected chi connectivity index (χ4v) is 3.42. The summed E-state index contributed by atoms with van der Waals surface area (Å²) in [5, 5.41) is 1.16. The van der Waals surface area contributed by atoms with Crippen LogP contribution in [-0.2, 0) is 11.2 Å². The minimum atomic E-state index is 0.121. The van der Waals surface area contributed by atoms with E-state index >= 15 is 0 Å². The van der Waals surface area contributed by atoms with Gasteiger partial charge in [0.25, 0.3) is 5.91 Å². The number of hydrogen-bond donors (Lipinski definition) is 1. The molecule has 1 aliphatic heterocycles. The molecule has 4 heteroatoms. The number of benzene rings is 1. The van der Waals surface area contributed by atoms with Crippen molar-refractivity contribution in [3.8, 4) is 0 Å². The second-order valence-electron chi connectivity index (χ2n) is 5.83. The van der Waals surface area contributed by atoms with Gasteiger partial charge in [-0.05, 0) is 37.8 Å². The highest BCUT2D eigenvalue weighted by molar-refractivity contribution is 6.01. The highest BCUT2D eigenvalue weighted by Crippen LogP contribution is 2.27. The van der Waals surface area contributed by atoms with E-state index in [1.165, 1.54) is 0 Å². The Morgan fingerprint density at radius 3 is 2.95 bits per heavy atom. The van der Waals surface area contributed by atoms with E-state index in [1.54, 1.807) is 0 Å². The fraction of sp³-hybridized carbons (Fsp3) is 0.500. The van der Waals surface area contributed by atoms with E-state index in [-0.39, 0.29) is 11.9 Å². The molecule has 2 aromatic rings. The Kier molecular flexibility index (Phi) is 4.48. The van der Waals surface area contributed by atoms with E-state index in [2.05, 4.69) is 18.0 Å². The first-order chi connectivity index (χ1) is 10.8. The van der Waals surface area contributed by atoms with Crippen LogP contribution in [0, 0.1) is 0 Å². The third-order valence-corrected chi connectivity index (χ3v) is 4.53. The van der Waals surface area contributed by atoms with Gasteiger partial charge < -0.3 is 14.6 Å². The number of nitrogens with zero attached hydrogens (tertiary/aromatic N) is 1. The molecule has 1 aromatic heterocycles. The van der Waals surface area contributed by atoms with Gasteiger partial charge in [-0.2, -0.15) is 0 Å². The van der Waals surface area contributed by atoms with Crippen molar-refractivity contribution in [2.45, 2.75) is 39.2 Å². The lowest BCUT2D eigenvalue weighted by Gasteiger charge is -2.24. The summed E-state index contributed by atoms with van der Waals surface area (Å²) in [7, 11) is 0. The summed E-state index contributed by atoms with van der Waals surface area (Å²) in [6, 6.07) is 8.36. The van der Waals surface area contributed by atoms with Crippen LogP contribution < -0.4 is 0 Å². The van der Waals surface area contributed by atoms with Gasteiger partial charge in [-0.25, -0.2) is 0 Å². The normalized spacial score (nSPS) is 18.3. The number of nitrogens with one attached hydrogen (secondary N) is 1. The van der Waals surface area contributed by atoms with E-state index in [0.717, 1.165) is 48.0 Å². The van der Waals surface area contributed by atoms with Crippen molar-refractivity contribution in [1.29, 1.82) is 0 Å². The van der Waals surface area contributed by atoms with Crippen LogP contribution in [0.4, 0.5) is 0 Å². The number of fused-ring (bicyclic) bond motifs is 1. The molecule has 3 rings (SSSR count). The van der Waals surface area contributed by atoms with E-state index in [9.17, 15) is 4.79 Å². The van der Waals surface area contributed by atoms with Crippen LogP contribution in [0.25, 0.3) is 10.9 Å². The third-order valence-electron chi connectivity index (χ3n) is 4.53. The van der Waals surface area contributed by atoms with Gasteiger partial charge in [-0.3, -0.25) is 4.79 Å². The standard InChI is InChI=1S/C18H24N2O2/c1-3-14-15-9-5-6-10-16(15)19-17(14)18(21)20-11-7-8-13(20)12-22-4-2/h5-6,9-10,13,19H,3-4,7-8,11-12H2,1-2H3/t13-/m0/s1. The summed E-state index contributed by atoms with van der Waals surface area (Å²) >= 11 is 0. The number of aromatic nitrogens is 1. The van der Waals surface area contributed by atoms with Gasteiger partial charge in [0.1, 0.15) is 5.69 Å². The lowest BCUT2D eigenvalue weighted by molar-refractivity contribution is 0.0559. The molecule has 22 heavy (non-hydrogen) atoms. The van der Waals surface area contributed by atoms with Crippen LogP contribution in [0.1, 0.15) is 42.7 Å². The number of hydrogen-bond acceptors (Lipinski definition) is 2. The molecular weight excluding hydrogens is 276 g/mol. The molecule has 0 radical (unpaired) electrons. The Hall–Kier alpha value is -1.81. The van der Waals surface area contributed by atoms with Gasteiger partial charge in [0, 0.05) is 24.1 Å². The molecular formula is C18H24N2O2. The van der Waals surface area contributed by atoms with Crippen molar-refractivity contribution in [1.82, 2.24) is 9.88 Å². The van der Waals surface area contributed by atoms with Gasteiger partial charge in [-0.1, -0.05) is 25.1 Å². The smallest absolute Gasteiger partial charge is 0.270 e. The topological polar surface area (TPSA) is 45.3 Å². The largest absolute Gasteiger partial charge is 0.380 e. The Labute approximate surface area is 131 Å². The van der Waals surface area contributed by atoms with E-state index in [1.807, 2.05) is 30.0 Å². The number of para-hydroxylation sites is 1. The molecule has 118 valence electrons. The molecule has 1 saturated heterocycles. The lowest BCUT2D eigenvalue weighted by Crippen LogP contribution is -2.38. The zero-order valence-corrected chi connectivity index (χ0v) is 13.4. The molecule has 1 atom stereocenters. The van der Waals surface area contributed by atoms with Crippen molar-refractivity contribution >= 4 is 16.8 Å². The molecule has 1 N–H and O–H groups in total.